The van der Waals surface area contributed by atoms with Crippen LogP contribution in [0.25, 0.3) is 11.1 Å². The van der Waals surface area contributed by atoms with Crippen LogP contribution in [-0.4, -0.2) is 5.97 Å². The Morgan fingerprint density at radius 3 is 2.28 bits per heavy atom. The summed E-state index contributed by atoms with van der Waals surface area (Å²) in [5.74, 6) is 4.60. The molecule has 0 aliphatic rings. The Balaban J connectivity index is 1.67. The second-order valence-corrected chi connectivity index (χ2v) is 7.16. The molecule has 3 aromatic carbocycles. The molecule has 32 heavy (non-hydrogen) atoms. The Morgan fingerprint density at radius 1 is 1.00 bits per heavy atom. The molecule has 0 saturated heterocycles. The van der Waals surface area contributed by atoms with E-state index >= 15 is 0 Å². The van der Waals surface area contributed by atoms with E-state index in [1.54, 1.807) is 31.2 Å². The van der Waals surface area contributed by atoms with E-state index in [2.05, 4.69) is 11.8 Å². The van der Waals surface area contributed by atoms with Crippen LogP contribution in [0.1, 0.15) is 36.0 Å². The number of alkyl halides is 3. The average Bonchev–Trinajstić information content (AvgIpc) is 2.77. The molecule has 0 unspecified atom stereocenters. The minimum Gasteiger partial charge on any atom is -0.550 e. The van der Waals surface area contributed by atoms with Gasteiger partial charge in [0.2, 0.25) is 0 Å². The minimum atomic E-state index is -4.36. The molecule has 0 aromatic heterocycles. The zero-order chi connectivity index (χ0) is 23.1. The number of hydrogen-bond acceptors (Lipinski definition) is 3. The largest absolute Gasteiger partial charge is 0.550 e. The van der Waals surface area contributed by atoms with Gasteiger partial charge in [0.25, 0.3) is 0 Å². The summed E-state index contributed by atoms with van der Waals surface area (Å²) in [7, 11) is 0. The van der Waals surface area contributed by atoms with Crippen LogP contribution in [0.4, 0.5) is 13.2 Å². The Morgan fingerprint density at radius 2 is 1.69 bits per heavy atom. The van der Waals surface area contributed by atoms with Crippen LogP contribution in [0.2, 0.25) is 0 Å². The highest BCUT2D eigenvalue weighted by atomic mass is 19.4. The molecule has 0 aliphatic carbocycles. The quantitative estimate of drug-likeness (QED) is 0.478. The van der Waals surface area contributed by atoms with Crippen LogP contribution >= 0.6 is 0 Å². The van der Waals surface area contributed by atoms with Crippen LogP contribution in [0.5, 0.6) is 5.75 Å². The molecule has 6 heteroatoms. The highest BCUT2D eigenvalue weighted by Gasteiger charge is 2.29. The summed E-state index contributed by atoms with van der Waals surface area (Å²) in [6, 6.07) is 19.4. The number of rotatable bonds is 7. The Labute approximate surface area is 184 Å². The molecular weight excluding hydrogens is 417 g/mol. The molecule has 0 spiro atoms. The van der Waals surface area contributed by atoms with Crippen molar-refractivity contribution in [1.29, 1.82) is 0 Å². The fourth-order valence-electron chi connectivity index (χ4n) is 3.25. The van der Waals surface area contributed by atoms with Gasteiger partial charge in [-0.3, -0.25) is 0 Å². The molecule has 3 rings (SSSR count). The van der Waals surface area contributed by atoms with Gasteiger partial charge in [-0.25, -0.2) is 0 Å². The number of halogens is 3. The zero-order valence-electron chi connectivity index (χ0n) is 17.3. The van der Waals surface area contributed by atoms with E-state index < -0.39 is 23.6 Å². The molecule has 0 fully saturated rings. The molecule has 0 radical (unpaired) electrons. The number of hydrogen-bond donors (Lipinski definition) is 0. The summed E-state index contributed by atoms with van der Waals surface area (Å²) >= 11 is 0. The van der Waals surface area contributed by atoms with Crippen molar-refractivity contribution in [3.05, 3.63) is 89.5 Å². The van der Waals surface area contributed by atoms with E-state index in [-0.39, 0.29) is 13.0 Å². The molecule has 164 valence electrons. The van der Waals surface area contributed by atoms with Crippen molar-refractivity contribution in [2.75, 3.05) is 0 Å². The van der Waals surface area contributed by atoms with Gasteiger partial charge in [-0.2, -0.15) is 13.2 Å². The lowest BCUT2D eigenvalue weighted by atomic mass is 9.96. The summed E-state index contributed by atoms with van der Waals surface area (Å²) in [5, 5.41) is 10.9. The van der Waals surface area contributed by atoms with Gasteiger partial charge in [0.05, 0.1) is 11.5 Å². The summed E-state index contributed by atoms with van der Waals surface area (Å²) in [4.78, 5) is 10.9. The van der Waals surface area contributed by atoms with E-state index in [1.165, 1.54) is 12.1 Å². The summed E-state index contributed by atoms with van der Waals surface area (Å²) in [5.41, 5.74) is 2.41. The van der Waals surface area contributed by atoms with Gasteiger partial charge < -0.3 is 14.6 Å². The predicted octanol–water partition coefficient (Wildman–Crippen LogP) is 5.20. The van der Waals surface area contributed by atoms with Crippen LogP contribution in [0, 0.1) is 11.8 Å². The summed E-state index contributed by atoms with van der Waals surface area (Å²) in [6.45, 7) is 1.92. The highest BCUT2D eigenvalue weighted by Crippen LogP contribution is 2.31. The monoisotopic (exact) mass is 437 g/mol. The third-order valence-corrected chi connectivity index (χ3v) is 4.85. The average molecular weight is 437 g/mol. The van der Waals surface area contributed by atoms with Gasteiger partial charge in [-0.05, 0) is 59.5 Å². The van der Waals surface area contributed by atoms with Gasteiger partial charge in [0, 0.05) is 12.4 Å². The van der Waals surface area contributed by atoms with Crippen LogP contribution < -0.4 is 9.84 Å². The number of carbonyl (C=O) groups excluding carboxylic acids is 1. The molecule has 0 amide bonds. The lowest BCUT2D eigenvalue weighted by Crippen LogP contribution is -2.24. The fourth-order valence-corrected chi connectivity index (χ4v) is 3.25. The Hall–Kier alpha value is -3.72. The predicted molar refractivity (Wildman–Crippen MR) is 113 cm³/mol. The third kappa shape index (κ3) is 6.14. The number of carboxylic acid groups (broad SMARTS) is 1. The second-order valence-electron chi connectivity index (χ2n) is 7.16. The topological polar surface area (TPSA) is 49.4 Å². The second kappa shape index (κ2) is 10.1. The van der Waals surface area contributed by atoms with Crippen LogP contribution in [0.3, 0.4) is 0 Å². The molecule has 0 saturated carbocycles. The number of carbonyl (C=O) groups is 1. The first-order chi connectivity index (χ1) is 15.3. The van der Waals surface area contributed by atoms with E-state index in [0.717, 1.165) is 28.8 Å². The van der Waals surface area contributed by atoms with E-state index in [1.807, 2.05) is 24.3 Å². The smallest absolute Gasteiger partial charge is 0.416 e. The molecule has 0 aliphatic heterocycles. The molecule has 0 heterocycles. The van der Waals surface area contributed by atoms with E-state index in [4.69, 9.17) is 4.74 Å². The maximum Gasteiger partial charge on any atom is 0.416 e. The first kappa shape index (κ1) is 23.0. The van der Waals surface area contributed by atoms with Crippen molar-refractivity contribution in [3.63, 3.8) is 0 Å². The summed E-state index contributed by atoms with van der Waals surface area (Å²) < 4.78 is 44.1. The van der Waals surface area contributed by atoms with Gasteiger partial charge in [-0.1, -0.05) is 48.4 Å². The minimum absolute atomic E-state index is 0.183. The molecular formula is C26H20F3O3-. The highest BCUT2D eigenvalue weighted by molar-refractivity contribution is 5.67. The van der Waals surface area contributed by atoms with Gasteiger partial charge in [-0.15, -0.1) is 5.92 Å². The zero-order valence-corrected chi connectivity index (χ0v) is 17.3. The first-order valence-corrected chi connectivity index (χ1v) is 9.87. The van der Waals surface area contributed by atoms with Crippen molar-refractivity contribution >= 4 is 5.97 Å². The standard InChI is InChI=1S/C26H21F3O3/c1-2-4-21(16-25(30)31)20-9-13-24(14-10-20)32-17-18-5-3-6-22(15-18)19-7-11-23(12-8-19)26(27,28)29/h3,5-15,21H,16-17H2,1H3,(H,30,31)/p-1/t21-/m0/s1. The van der Waals surface area contributed by atoms with Gasteiger partial charge >= 0.3 is 6.18 Å². The maximum atomic E-state index is 12.8. The van der Waals surface area contributed by atoms with E-state index in [0.29, 0.717) is 11.3 Å². The van der Waals surface area contributed by atoms with Crippen molar-refractivity contribution in [2.45, 2.75) is 32.0 Å². The van der Waals surface area contributed by atoms with Crippen molar-refractivity contribution in [3.8, 4) is 28.7 Å². The summed E-state index contributed by atoms with van der Waals surface area (Å²) in [6.07, 6.45) is -4.55. The molecule has 3 aromatic rings. The third-order valence-electron chi connectivity index (χ3n) is 4.85. The van der Waals surface area contributed by atoms with Gasteiger partial charge in [0.15, 0.2) is 0 Å². The normalized spacial score (nSPS) is 11.9. The molecule has 0 N–H and O–H groups in total. The molecule has 0 bridgehead atoms. The molecule has 3 nitrogen and oxygen atoms in total. The molecule has 1 atom stereocenters. The van der Waals surface area contributed by atoms with Crippen LogP contribution in [-0.2, 0) is 17.6 Å². The lowest BCUT2D eigenvalue weighted by Gasteiger charge is -2.13. The first-order valence-electron chi connectivity index (χ1n) is 9.87. The number of benzene rings is 3. The van der Waals surface area contributed by atoms with Crippen molar-refractivity contribution in [2.24, 2.45) is 0 Å². The van der Waals surface area contributed by atoms with Gasteiger partial charge in [0.1, 0.15) is 12.4 Å². The van der Waals surface area contributed by atoms with E-state index in [9.17, 15) is 23.1 Å². The number of carboxylic acids is 1. The maximum absolute atomic E-state index is 12.8. The number of ether oxygens (including phenoxy) is 1. The Kier molecular flexibility index (Phi) is 7.21. The van der Waals surface area contributed by atoms with Crippen molar-refractivity contribution < 1.29 is 27.8 Å². The number of aliphatic carboxylic acids is 1. The Bertz CT molecular complexity index is 1120. The van der Waals surface area contributed by atoms with Crippen LogP contribution in [0.15, 0.2) is 72.8 Å². The van der Waals surface area contributed by atoms with Crippen molar-refractivity contribution in [1.82, 2.24) is 0 Å². The fraction of sp³-hybridized carbons (Fsp3) is 0.192. The SMILES string of the molecule is CC#C[C@@H](CC(=O)[O-])c1ccc(OCc2cccc(-c3ccc(C(F)(F)F)cc3)c2)cc1. The lowest BCUT2D eigenvalue weighted by molar-refractivity contribution is -0.305.